The number of fused-ring (bicyclic) bond motifs is 2. The zero-order valence-electron chi connectivity index (χ0n) is 14.4. The molecule has 25 heavy (non-hydrogen) atoms. The Morgan fingerprint density at radius 1 is 1.16 bits per heavy atom. The third-order valence-electron chi connectivity index (χ3n) is 4.56. The summed E-state index contributed by atoms with van der Waals surface area (Å²) in [4.78, 5) is 12.4. The Morgan fingerprint density at radius 3 is 2.88 bits per heavy atom. The molecule has 0 aliphatic rings. The molecule has 1 amide bonds. The number of benzene rings is 2. The van der Waals surface area contributed by atoms with Crippen molar-refractivity contribution in [2.24, 2.45) is 0 Å². The van der Waals surface area contributed by atoms with Crippen LogP contribution >= 0.6 is 0 Å². The van der Waals surface area contributed by atoms with Crippen LogP contribution < -0.4 is 5.32 Å². The van der Waals surface area contributed by atoms with Gasteiger partial charge in [-0.2, -0.15) is 0 Å². The fourth-order valence-electron chi connectivity index (χ4n) is 3.26. The monoisotopic (exact) mass is 332 g/mol. The van der Waals surface area contributed by atoms with Gasteiger partial charge in [0.05, 0.1) is 12.7 Å². The number of amides is 1. The zero-order chi connectivity index (χ0) is 17.4. The summed E-state index contributed by atoms with van der Waals surface area (Å²) in [6.45, 7) is 5.07. The average molecular weight is 332 g/mol. The molecule has 2 aromatic heterocycles. The van der Waals surface area contributed by atoms with Crippen molar-refractivity contribution in [2.45, 2.75) is 26.8 Å². The van der Waals surface area contributed by atoms with E-state index in [-0.39, 0.29) is 5.91 Å². The van der Waals surface area contributed by atoms with Gasteiger partial charge in [-0.3, -0.25) is 4.79 Å². The molecule has 4 rings (SSSR count). The van der Waals surface area contributed by atoms with E-state index in [2.05, 4.69) is 29.1 Å². The van der Waals surface area contributed by atoms with E-state index in [1.807, 2.05) is 43.3 Å². The topological polar surface area (TPSA) is 47.2 Å². The lowest BCUT2D eigenvalue weighted by atomic mass is 10.1. The molecule has 2 heterocycles. The van der Waals surface area contributed by atoms with Gasteiger partial charge >= 0.3 is 0 Å². The van der Waals surface area contributed by atoms with Crippen molar-refractivity contribution in [3.63, 3.8) is 0 Å². The zero-order valence-corrected chi connectivity index (χ0v) is 14.4. The summed E-state index contributed by atoms with van der Waals surface area (Å²) < 4.78 is 7.75. The van der Waals surface area contributed by atoms with Gasteiger partial charge in [0.2, 0.25) is 5.91 Å². The van der Waals surface area contributed by atoms with Crippen LogP contribution in [0.5, 0.6) is 0 Å². The van der Waals surface area contributed by atoms with Crippen LogP contribution in [0.4, 0.5) is 5.69 Å². The first-order valence-corrected chi connectivity index (χ1v) is 8.49. The Balaban J connectivity index is 1.53. The highest BCUT2D eigenvalue weighted by Gasteiger charge is 2.11. The van der Waals surface area contributed by atoms with E-state index in [1.165, 1.54) is 5.52 Å². The van der Waals surface area contributed by atoms with Crippen molar-refractivity contribution >= 4 is 33.5 Å². The first-order valence-electron chi connectivity index (χ1n) is 8.49. The minimum absolute atomic E-state index is 0.0439. The molecule has 0 aliphatic heterocycles. The standard InChI is InChI=1S/C21H20N2O2/c1-3-23-9-8-15-11-17(5-7-19(15)23)22-21(24)12-16-13-25-20-10-14(2)4-6-18(16)20/h4-11,13H,3,12H2,1-2H3,(H,22,24). The van der Waals surface area contributed by atoms with E-state index >= 15 is 0 Å². The SMILES string of the molecule is CCn1ccc2cc(NC(=O)Cc3coc4cc(C)ccc34)ccc21. The number of nitrogens with one attached hydrogen (secondary N) is 1. The minimum Gasteiger partial charge on any atom is -0.464 e. The van der Waals surface area contributed by atoms with Gasteiger partial charge < -0.3 is 14.3 Å². The summed E-state index contributed by atoms with van der Waals surface area (Å²) in [5.74, 6) is -0.0439. The lowest BCUT2D eigenvalue weighted by Crippen LogP contribution is -2.14. The first-order chi connectivity index (χ1) is 12.1. The smallest absolute Gasteiger partial charge is 0.228 e. The third kappa shape index (κ3) is 2.91. The number of aryl methyl sites for hydroxylation is 2. The number of rotatable bonds is 4. The van der Waals surface area contributed by atoms with E-state index in [1.54, 1.807) is 6.26 Å². The molecule has 0 radical (unpaired) electrons. The van der Waals surface area contributed by atoms with Crippen LogP contribution in [0, 0.1) is 6.92 Å². The van der Waals surface area contributed by atoms with Crippen molar-refractivity contribution in [2.75, 3.05) is 5.32 Å². The molecule has 4 nitrogen and oxygen atoms in total. The van der Waals surface area contributed by atoms with Crippen LogP contribution in [-0.4, -0.2) is 10.5 Å². The van der Waals surface area contributed by atoms with Crippen molar-refractivity contribution < 1.29 is 9.21 Å². The van der Waals surface area contributed by atoms with Crippen molar-refractivity contribution in [3.8, 4) is 0 Å². The molecule has 4 heteroatoms. The van der Waals surface area contributed by atoms with Gasteiger partial charge in [-0.1, -0.05) is 12.1 Å². The van der Waals surface area contributed by atoms with Crippen molar-refractivity contribution in [1.29, 1.82) is 0 Å². The summed E-state index contributed by atoms with van der Waals surface area (Å²) in [5.41, 5.74) is 4.87. The molecule has 0 bridgehead atoms. The number of nitrogens with zero attached hydrogens (tertiary/aromatic N) is 1. The molecule has 2 aromatic carbocycles. The molecule has 0 saturated carbocycles. The molecule has 0 spiro atoms. The molecule has 1 N–H and O–H groups in total. The van der Waals surface area contributed by atoms with Gasteiger partial charge in [0, 0.05) is 40.3 Å². The fourth-order valence-corrected chi connectivity index (χ4v) is 3.26. The Hall–Kier alpha value is -3.01. The molecule has 0 atom stereocenters. The lowest BCUT2D eigenvalue weighted by molar-refractivity contribution is -0.115. The summed E-state index contributed by atoms with van der Waals surface area (Å²) >= 11 is 0. The van der Waals surface area contributed by atoms with E-state index in [9.17, 15) is 4.79 Å². The van der Waals surface area contributed by atoms with Gasteiger partial charge in [0.15, 0.2) is 0 Å². The van der Waals surface area contributed by atoms with Crippen LogP contribution in [-0.2, 0) is 17.8 Å². The molecule has 4 aromatic rings. The van der Waals surface area contributed by atoms with Crippen LogP contribution in [0.1, 0.15) is 18.1 Å². The Kier molecular flexibility index (Phi) is 3.80. The highest BCUT2D eigenvalue weighted by molar-refractivity contribution is 5.97. The number of hydrogen-bond acceptors (Lipinski definition) is 2. The second-order valence-corrected chi connectivity index (χ2v) is 6.36. The Morgan fingerprint density at radius 2 is 2.04 bits per heavy atom. The highest BCUT2D eigenvalue weighted by Crippen LogP contribution is 2.24. The molecule has 126 valence electrons. The first kappa shape index (κ1) is 15.5. The fraction of sp³-hybridized carbons (Fsp3) is 0.190. The largest absolute Gasteiger partial charge is 0.464 e. The molecular formula is C21H20N2O2. The quantitative estimate of drug-likeness (QED) is 0.578. The number of aromatic nitrogens is 1. The number of anilines is 1. The van der Waals surface area contributed by atoms with Gasteiger partial charge in [-0.15, -0.1) is 0 Å². The predicted octanol–water partition coefficient (Wildman–Crippen LogP) is 4.90. The predicted molar refractivity (Wildman–Crippen MR) is 101 cm³/mol. The van der Waals surface area contributed by atoms with E-state index < -0.39 is 0 Å². The number of carbonyl (C=O) groups excluding carboxylic acids is 1. The van der Waals surface area contributed by atoms with Gasteiger partial charge in [0.25, 0.3) is 0 Å². The van der Waals surface area contributed by atoms with Crippen LogP contribution in [0.25, 0.3) is 21.9 Å². The maximum atomic E-state index is 12.4. The van der Waals surface area contributed by atoms with Gasteiger partial charge in [-0.25, -0.2) is 0 Å². The maximum Gasteiger partial charge on any atom is 0.228 e. The minimum atomic E-state index is -0.0439. The normalized spacial score (nSPS) is 11.3. The summed E-state index contributed by atoms with van der Waals surface area (Å²) in [7, 11) is 0. The molecule has 0 saturated heterocycles. The summed E-state index contributed by atoms with van der Waals surface area (Å²) in [5, 5.41) is 5.11. The molecule has 0 fully saturated rings. The summed E-state index contributed by atoms with van der Waals surface area (Å²) in [6, 6.07) is 14.1. The average Bonchev–Trinajstić information content (AvgIpc) is 3.18. The van der Waals surface area contributed by atoms with Crippen molar-refractivity contribution in [3.05, 3.63) is 66.1 Å². The van der Waals surface area contributed by atoms with Crippen LogP contribution in [0.2, 0.25) is 0 Å². The lowest BCUT2D eigenvalue weighted by Gasteiger charge is -2.06. The Bertz CT molecular complexity index is 1070. The highest BCUT2D eigenvalue weighted by atomic mass is 16.3. The Labute approximate surface area is 146 Å². The van der Waals surface area contributed by atoms with Gasteiger partial charge in [0.1, 0.15) is 5.58 Å². The number of hydrogen-bond donors (Lipinski definition) is 1. The second-order valence-electron chi connectivity index (χ2n) is 6.36. The van der Waals surface area contributed by atoms with E-state index in [0.717, 1.165) is 39.7 Å². The summed E-state index contributed by atoms with van der Waals surface area (Å²) in [6.07, 6.45) is 4.04. The van der Waals surface area contributed by atoms with Crippen molar-refractivity contribution in [1.82, 2.24) is 4.57 Å². The van der Waals surface area contributed by atoms with Crippen LogP contribution in [0.15, 0.2) is 59.3 Å². The molecular weight excluding hydrogens is 312 g/mol. The van der Waals surface area contributed by atoms with Gasteiger partial charge in [-0.05, 0) is 49.7 Å². The molecule has 0 aliphatic carbocycles. The number of furan rings is 1. The number of carbonyl (C=O) groups is 1. The van der Waals surface area contributed by atoms with Crippen LogP contribution in [0.3, 0.4) is 0 Å². The maximum absolute atomic E-state index is 12.4. The van der Waals surface area contributed by atoms with E-state index in [4.69, 9.17) is 4.42 Å². The van der Waals surface area contributed by atoms with E-state index in [0.29, 0.717) is 6.42 Å². The second kappa shape index (κ2) is 6.13. The third-order valence-corrected chi connectivity index (χ3v) is 4.56. The molecule has 0 unspecified atom stereocenters.